The van der Waals surface area contributed by atoms with Gasteiger partial charge in [0.1, 0.15) is 10.6 Å². The molecule has 1 aromatic rings. The Morgan fingerprint density at radius 1 is 0.912 bits per heavy atom. The molecule has 0 fully saturated rings. The first kappa shape index (κ1) is 30.6. The third kappa shape index (κ3) is 6.81. The Bertz CT molecular complexity index is 953. The normalized spacial score (nSPS) is 14.4. The van der Waals surface area contributed by atoms with Crippen LogP contribution >= 0.6 is 0 Å². The highest BCUT2D eigenvalue weighted by Gasteiger charge is 2.48. The van der Waals surface area contributed by atoms with Gasteiger partial charge in [-0.1, -0.05) is 75.7 Å². The summed E-state index contributed by atoms with van der Waals surface area (Å²) in [7, 11) is -1.77. The Balaban J connectivity index is 4.32. The van der Waals surface area contributed by atoms with Crippen LogP contribution in [-0.4, -0.2) is 32.3 Å². The van der Waals surface area contributed by atoms with E-state index in [0.717, 1.165) is 12.8 Å². The zero-order valence-electron chi connectivity index (χ0n) is 23.4. The first-order chi connectivity index (χ1) is 15.2. The van der Waals surface area contributed by atoms with Crippen molar-refractivity contribution >= 4 is 10.1 Å². The minimum absolute atomic E-state index is 0.0172. The van der Waals surface area contributed by atoms with Crippen LogP contribution in [0.3, 0.4) is 0 Å². The lowest BCUT2D eigenvalue weighted by atomic mass is 9.56. The second-order valence-corrected chi connectivity index (χ2v) is 14.0. The van der Waals surface area contributed by atoms with Gasteiger partial charge in [0, 0.05) is 17.0 Å². The highest BCUT2D eigenvalue weighted by atomic mass is 32.2. The van der Waals surface area contributed by atoms with Crippen molar-refractivity contribution in [2.24, 2.45) is 22.2 Å². The second-order valence-electron chi connectivity index (χ2n) is 12.6. The predicted octanol–water partition coefficient (Wildman–Crippen LogP) is 7.23. The molecule has 0 saturated heterocycles. The van der Waals surface area contributed by atoms with Crippen LogP contribution in [0.5, 0.6) is 17.2 Å². The average Bonchev–Trinajstić information content (AvgIpc) is 2.58. The highest BCUT2D eigenvalue weighted by molar-refractivity contribution is 7.86. The van der Waals surface area contributed by atoms with E-state index in [1.54, 1.807) is 0 Å². The van der Waals surface area contributed by atoms with Crippen molar-refractivity contribution < 1.29 is 27.6 Å². The zero-order valence-corrected chi connectivity index (χ0v) is 24.2. The van der Waals surface area contributed by atoms with Crippen molar-refractivity contribution in [2.45, 2.75) is 106 Å². The predicted molar refractivity (Wildman–Crippen MR) is 139 cm³/mol. The molecule has 0 aromatic heterocycles. The van der Waals surface area contributed by atoms with Crippen LogP contribution in [0.2, 0.25) is 0 Å². The standard InChI is InChI=1S/C27H48O6S/c1-13-14-18-21(32-11)22(33-12)19(20(28)23(18)34(29,30)31)24(26(7,8)15-17(2)3)27(9,10)16-25(4,5)6/h17,24,28H,13-16H2,1-12H3,(H,29,30,31). The van der Waals surface area contributed by atoms with E-state index in [9.17, 15) is 18.1 Å². The Morgan fingerprint density at radius 3 is 1.76 bits per heavy atom. The van der Waals surface area contributed by atoms with Gasteiger partial charge >= 0.3 is 0 Å². The number of hydrogen-bond acceptors (Lipinski definition) is 5. The van der Waals surface area contributed by atoms with Crippen LogP contribution in [0, 0.1) is 22.2 Å². The molecule has 0 bridgehead atoms. The highest BCUT2D eigenvalue weighted by Crippen LogP contribution is 2.61. The lowest BCUT2D eigenvalue weighted by Gasteiger charge is -2.49. The summed E-state index contributed by atoms with van der Waals surface area (Å²) >= 11 is 0. The third-order valence-corrected chi connectivity index (χ3v) is 7.36. The van der Waals surface area contributed by atoms with Gasteiger partial charge in [-0.2, -0.15) is 8.42 Å². The molecule has 0 aliphatic rings. The first-order valence-electron chi connectivity index (χ1n) is 12.2. The summed E-state index contributed by atoms with van der Waals surface area (Å²) in [5, 5.41) is 11.6. The van der Waals surface area contributed by atoms with Gasteiger partial charge in [0.05, 0.1) is 14.2 Å². The number of aromatic hydroxyl groups is 1. The largest absolute Gasteiger partial charge is 0.506 e. The quantitative estimate of drug-likeness (QED) is 0.311. The fourth-order valence-corrected chi connectivity index (χ4v) is 7.52. The lowest BCUT2D eigenvalue weighted by Crippen LogP contribution is -2.38. The summed E-state index contributed by atoms with van der Waals surface area (Å²) in [5.41, 5.74) is -0.112. The van der Waals surface area contributed by atoms with Crippen LogP contribution in [0.25, 0.3) is 0 Å². The summed E-state index contributed by atoms with van der Waals surface area (Å²) in [6.45, 7) is 21.3. The van der Waals surface area contributed by atoms with Gasteiger partial charge in [0.25, 0.3) is 10.1 Å². The monoisotopic (exact) mass is 500 g/mol. The maximum atomic E-state index is 12.6. The summed E-state index contributed by atoms with van der Waals surface area (Å²) < 4.78 is 47.0. The molecule has 0 radical (unpaired) electrons. The van der Waals surface area contributed by atoms with Crippen LogP contribution in [-0.2, 0) is 16.5 Å². The topological polar surface area (TPSA) is 93.1 Å². The molecule has 2 N–H and O–H groups in total. The number of ether oxygens (including phenoxy) is 2. The molecule has 1 atom stereocenters. The summed E-state index contributed by atoms with van der Waals surface area (Å²) in [6.07, 6.45) is 2.55. The third-order valence-electron chi connectivity index (χ3n) is 6.41. The van der Waals surface area contributed by atoms with E-state index in [0.29, 0.717) is 30.1 Å². The van der Waals surface area contributed by atoms with Gasteiger partial charge in [-0.25, -0.2) is 0 Å². The van der Waals surface area contributed by atoms with Crippen molar-refractivity contribution in [3.05, 3.63) is 11.1 Å². The van der Waals surface area contributed by atoms with Crippen molar-refractivity contribution in [1.29, 1.82) is 0 Å². The fourth-order valence-electron chi connectivity index (χ4n) is 6.65. The molecule has 6 nitrogen and oxygen atoms in total. The molecule has 0 aliphatic heterocycles. The molecule has 0 aliphatic carbocycles. The molecule has 7 heteroatoms. The van der Waals surface area contributed by atoms with Crippen molar-refractivity contribution in [3.63, 3.8) is 0 Å². The van der Waals surface area contributed by atoms with Gasteiger partial charge in [0.15, 0.2) is 11.5 Å². The zero-order chi connectivity index (χ0) is 26.9. The molecule has 1 rings (SSSR count). The summed E-state index contributed by atoms with van der Waals surface area (Å²) in [5.74, 6) is 0.216. The van der Waals surface area contributed by atoms with Gasteiger partial charge in [-0.15, -0.1) is 0 Å². The minimum Gasteiger partial charge on any atom is -0.506 e. The van der Waals surface area contributed by atoms with E-state index in [4.69, 9.17) is 9.47 Å². The molecule has 0 spiro atoms. The van der Waals surface area contributed by atoms with E-state index in [1.165, 1.54) is 14.2 Å². The number of methoxy groups -OCH3 is 2. The van der Waals surface area contributed by atoms with Crippen LogP contribution < -0.4 is 9.47 Å². The lowest BCUT2D eigenvalue weighted by molar-refractivity contribution is 0.0748. The molecule has 0 heterocycles. The molecule has 1 aromatic carbocycles. The molecule has 1 unspecified atom stereocenters. The van der Waals surface area contributed by atoms with Crippen LogP contribution in [0.1, 0.15) is 106 Å². The molecular formula is C27H48O6S. The minimum atomic E-state index is -4.73. The van der Waals surface area contributed by atoms with E-state index in [2.05, 4.69) is 62.3 Å². The van der Waals surface area contributed by atoms with Crippen LogP contribution in [0.4, 0.5) is 0 Å². The van der Waals surface area contributed by atoms with E-state index < -0.39 is 20.8 Å². The smallest absolute Gasteiger partial charge is 0.298 e. The first-order valence-corrected chi connectivity index (χ1v) is 13.7. The van der Waals surface area contributed by atoms with Gasteiger partial charge in [0.2, 0.25) is 0 Å². The second kappa shape index (κ2) is 10.7. The molecule has 0 amide bonds. The van der Waals surface area contributed by atoms with Gasteiger partial charge < -0.3 is 14.6 Å². The number of phenolic OH excluding ortho intramolecular Hbond substituents is 1. The summed E-state index contributed by atoms with van der Waals surface area (Å²) in [6, 6.07) is 0. The maximum absolute atomic E-state index is 12.6. The number of rotatable bonds is 11. The molecule has 34 heavy (non-hydrogen) atoms. The number of phenols is 1. The van der Waals surface area contributed by atoms with Gasteiger partial charge in [-0.3, -0.25) is 4.55 Å². The van der Waals surface area contributed by atoms with Crippen molar-refractivity contribution in [1.82, 2.24) is 0 Å². The van der Waals surface area contributed by atoms with E-state index in [-0.39, 0.29) is 33.5 Å². The Morgan fingerprint density at radius 2 is 1.41 bits per heavy atom. The summed E-state index contributed by atoms with van der Waals surface area (Å²) in [4.78, 5) is -0.473. The average molecular weight is 501 g/mol. The van der Waals surface area contributed by atoms with Gasteiger partial charge in [-0.05, 0) is 41.4 Å². The van der Waals surface area contributed by atoms with Crippen LogP contribution in [0.15, 0.2) is 4.90 Å². The Hall–Kier alpha value is -1.47. The molecular weight excluding hydrogens is 452 g/mol. The maximum Gasteiger partial charge on any atom is 0.298 e. The molecule has 0 saturated carbocycles. The number of benzene rings is 1. The van der Waals surface area contributed by atoms with Crippen molar-refractivity contribution in [2.75, 3.05) is 14.2 Å². The molecule has 198 valence electrons. The Labute approximate surface area is 208 Å². The Kier molecular flexibility index (Phi) is 9.57. The fraction of sp³-hybridized carbons (Fsp3) is 0.778. The SMILES string of the molecule is CCCc1c(OC)c(OC)c(C(C(C)(C)CC(C)C)C(C)(C)CC(C)(C)C)c(O)c1S(=O)(=O)O. The van der Waals surface area contributed by atoms with Crippen molar-refractivity contribution in [3.8, 4) is 17.2 Å². The number of hydrogen-bond donors (Lipinski definition) is 2. The van der Waals surface area contributed by atoms with E-state index >= 15 is 0 Å². The van der Waals surface area contributed by atoms with E-state index in [1.807, 2.05) is 6.92 Å².